The number of rotatable bonds is 6. The number of phenols is 1. The van der Waals surface area contributed by atoms with Crippen molar-refractivity contribution in [2.75, 3.05) is 0 Å². The van der Waals surface area contributed by atoms with Crippen LogP contribution >= 0.6 is 0 Å². The van der Waals surface area contributed by atoms with Crippen molar-refractivity contribution in [2.24, 2.45) is 0 Å². The molecule has 0 spiro atoms. The molecular weight excluding hydrogens is 611 g/mol. The molecule has 1 N–H and O–H groups in total. The molecular formula is C46H37N3O. The molecule has 4 nitrogen and oxygen atoms in total. The van der Waals surface area contributed by atoms with E-state index in [4.69, 9.17) is 9.97 Å². The average Bonchev–Trinajstić information content (AvgIpc) is 3.60. The van der Waals surface area contributed by atoms with E-state index < -0.39 is 0 Å². The zero-order chi connectivity index (χ0) is 34.2. The number of benzene rings is 6. The second-order valence-electron chi connectivity index (χ2n) is 13.7. The monoisotopic (exact) mass is 647 g/mol. The molecule has 0 bridgehead atoms. The van der Waals surface area contributed by atoms with Gasteiger partial charge in [0, 0.05) is 45.6 Å². The average molecular weight is 648 g/mol. The van der Waals surface area contributed by atoms with Crippen LogP contribution in [0.3, 0.4) is 0 Å². The van der Waals surface area contributed by atoms with Gasteiger partial charge in [-0.3, -0.25) is 9.55 Å². The van der Waals surface area contributed by atoms with Gasteiger partial charge in [0.1, 0.15) is 11.6 Å². The number of pyridine rings is 1. The largest absolute Gasteiger partial charge is 0.507 e. The number of hydrogen-bond acceptors (Lipinski definition) is 3. The lowest BCUT2D eigenvalue weighted by Gasteiger charge is -2.21. The number of phenolic OH excluding ortho intramolecular Hbond substituents is 1. The molecule has 8 aromatic rings. The molecule has 0 aliphatic heterocycles. The van der Waals surface area contributed by atoms with Crippen molar-refractivity contribution in [3.8, 4) is 67.5 Å². The van der Waals surface area contributed by atoms with Crippen LogP contribution in [0.5, 0.6) is 5.75 Å². The molecule has 242 valence electrons. The van der Waals surface area contributed by atoms with Crippen molar-refractivity contribution in [1.82, 2.24) is 14.5 Å². The molecule has 0 aliphatic carbocycles. The Balaban J connectivity index is 1.46. The summed E-state index contributed by atoms with van der Waals surface area (Å²) in [5.41, 5.74) is 12.0. The summed E-state index contributed by atoms with van der Waals surface area (Å²) in [5.74, 6) is 1.04. The summed E-state index contributed by atoms with van der Waals surface area (Å²) in [6.07, 6.45) is 4.03. The second-order valence-corrected chi connectivity index (χ2v) is 13.7. The molecule has 50 heavy (non-hydrogen) atoms. The van der Waals surface area contributed by atoms with Crippen molar-refractivity contribution < 1.29 is 5.11 Å². The van der Waals surface area contributed by atoms with Crippen molar-refractivity contribution >= 4 is 10.9 Å². The Bertz CT molecular complexity index is 2420. The smallest absolute Gasteiger partial charge is 0.145 e. The lowest BCUT2D eigenvalue weighted by molar-refractivity contribution is 0.477. The molecule has 0 unspecified atom stereocenters. The SMILES string of the molecule is CC(C)(C)c1cc(-c2cn(-c3c(-c4ccccc4)cccc3-c3ccccc3)c(-c3cccc(-c4ccccc4O)c3)n2)c2ncccc2c1. The van der Waals surface area contributed by atoms with Crippen LogP contribution in [0.15, 0.2) is 164 Å². The zero-order valence-electron chi connectivity index (χ0n) is 28.4. The van der Waals surface area contributed by atoms with Gasteiger partial charge >= 0.3 is 0 Å². The van der Waals surface area contributed by atoms with Crippen LogP contribution in [0, 0.1) is 0 Å². The maximum atomic E-state index is 10.8. The predicted molar refractivity (Wildman–Crippen MR) is 206 cm³/mol. The minimum Gasteiger partial charge on any atom is -0.507 e. The van der Waals surface area contributed by atoms with E-state index in [9.17, 15) is 5.11 Å². The summed E-state index contributed by atoms with van der Waals surface area (Å²) in [6, 6.07) is 52.0. The minimum atomic E-state index is -0.0728. The number of aromatic nitrogens is 3. The first kappa shape index (κ1) is 31.0. The van der Waals surface area contributed by atoms with Crippen LogP contribution in [0.4, 0.5) is 0 Å². The highest BCUT2D eigenvalue weighted by atomic mass is 16.3. The number of fused-ring (bicyclic) bond motifs is 1. The first-order chi connectivity index (χ1) is 24.3. The molecule has 0 saturated carbocycles. The third-order valence-electron chi connectivity index (χ3n) is 9.34. The molecule has 0 fully saturated rings. The topological polar surface area (TPSA) is 50.9 Å². The predicted octanol–water partition coefficient (Wildman–Crippen LogP) is 11.8. The van der Waals surface area contributed by atoms with Gasteiger partial charge in [-0.15, -0.1) is 0 Å². The van der Waals surface area contributed by atoms with E-state index in [1.165, 1.54) is 5.56 Å². The molecule has 0 amide bonds. The highest BCUT2D eigenvalue weighted by Gasteiger charge is 2.23. The maximum Gasteiger partial charge on any atom is 0.145 e. The van der Waals surface area contributed by atoms with E-state index in [0.29, 0.717) is 0 Å². The van der Waals surface area contributed by atoms with Crippen LogP contribution < -0.4 is 0 Å². The molecule has 0 saturated heterocycles. The van der Waals surface area contributed by atoms with Gasteiger partial charge in [0.15, 0.2) is 0 Å². The van der Waals surface area contributed by atoms with Gasteiger partial charge in [-0.05, 0) is 58.0 Å². The lowest BCUT2D eigenvalue weighted by Crippen LogP contribution is -2.11. The molecule has 0 atom stereocenters. The fourth-order valence-corrected chi connectivity index (χ4v) is 6.75. The van der Waals surface area contributed by atoms with Crippen LogP contribution in [0.2, 0.25) is 0 Å². The summed E-state index contributed by atoms with van der Waals surface area (Å²) in [7, 11) is 0. The van der Waals surface area contributed by atoms with E-state index in [0.717, 1.165) is 72.6 Å². The summed E-state index contributed by atoms with van der Waals surface area (Å²) >= 11 is 0. The van der Waals surface area contributed by atoms with Gasteiger partial charge in [0.05, 0.1) is 16.9 Å². The maximum absolute atomic E-state index is 10.8. The Labute approximate surface area is 293 Å². The van der Waals surface area contributed by atoms with E-state index in [-0.39, 0.29) is 11.2 Å². The molecule has 0 radical (unpaired) electrons. The Kier molecular flexibility index (Phi) is 7.85. The first-order valence-corrected chi connectivity index (χ1v) is 17.0. The Morgan fingerprint density at radius 1 is 0.540 bits per heavy atom. The highest BCUT2D eigenvalue weighted by Crippen LogP contribution is 2.41. The van der Waals surface area contributed by atoms with Gasteiger partial charge in [-0.2, -0.15) is 0 Å². The van der Waals surface area contributed by atoms with Gasteiger partial charge < -0.3 is 5.11 Å². The standard InChI is InChI=1S/C46H37N3O/c1-46(2,3)36-28-34-21-14-26-47-43(34)40(29-36)41-30-49(45(48-41)35-20-12-19-33(27-35)37-22-10-11-25-42(37)50)44-38(31-15-6-4-7-16-31)23-13-24-39(44)32-17-8-5-9-18-32/h4-30,50H,1-3H3. The van der Waals surface area contributed by atoms with Crippen molar-refractivity contribution in [3.63, 3.8) is 0 Å². The molecule has 2 aromatic heterocycles. The van der Waals surface area contributed by atoms with Crippen LogP contribution in [0.1, 0.15) is 26.3 Å². The molecule has 4 heteroatoms. The molecule has 2 heterocycles. The van der Waals surface area contributed by atoms with Crippen molar-refractivity contribution in [2.45, 2.75) is 26.2 Å². The summed E-state index contributed by atoms with van der Waals surface area (Å²) in [6.45, 7) is 6.72. The van der Waals surface area contributed by atoms with Crippen molar-refractivity contribution in [3.05, 3.63) is 170 Å². The number of imidazole rings is 1. The minimum absolute atomic E-state index is 0.0728. The summed E-state index contributed by atoms with van der Waals surface area (Å²) in [4.78, 5) is 10.4. The van der Waals surface area contributed by atoms with E-state index >= 15 is 0 Å². The third kappa shape index (κ3) is 5.75. The van der Waals surface area contributed by atoms with Gasteiger partial charge in [-0.1, -0.05) is 142 Å². The van der Waals surface area contributed by atoms with E-state index in [1.807, 2.05) is 42.6 Å². The second kappa shape index (κ2) is 12.6. The quantitative estimate of drug-likeness (QED) is 0.195. The number of nitrogens with zero attached hydrogens (tertiary/aromatic N) is 3. The summed E-state index contributed by atoms with van der Waals surface area (Å²) in [5, 5.41) is 11.9. The Morgan fingerprint density at radius 3 is 1.82 bits per heavy atom. The zero-order valence-corrected chi connectivity index (χ0v) is 28.4. The van der Waals surface area contributed by atoms with E-state index in [2.05, 4.69) is 141 Å². The van der Waals surface area contributed by atoms with Gasteiger partial charge in [0.25, 0.3) is 0 Å². The van der Waals surface area contributed by atoms with E-state index in [1.54, 1.807) is 6.07 Å². The number of hydrogen-bond donors (Lipinski definition) is 1. The third-order valence-corrected chi connectivity index (χ3v) is 9.34. The van der Waals surface area contributed by atoms with Gasteiger partial charge in [0.2, 0.25) is 0 Å². The summed E-state index contributed by atoms with van der Waals surface area (Å²) < 4.78 is 2.25. The fraction of sp³-hybridized carbons (Fsp3) is 0.0870. The number of aromatic hydroxyl groups is 1. The first-order valence-electron chi connectivity index (χ1n) is 17.0. The fourth-order valence-electron chi connectivity index (χ4n) is 6.75. The highest BCUT2D eigenvalue weighted by molar-refractivity contribution is 5.95. The lowest BCUT2D eigenvalue weighted by atomic mass is 9.84. The Morgan fingerprint density at radius 2 is 1.14 bits per heavy atom. The molecule has 8 rings (SSSR count). The van der Waals surface area contributed by atoms with Crippen LogP contribution in [0.25, 0.3) is 72.6 Å². The van der Waals surface area contributed by atoms with Crippen LogP contribution in [-0.4, -0.2) is 19.6 Å². The molecule has 6 aromatic carbocycles. The molecule has 0 aliphatic rings. The van der Waals surface area contributed by atoms with Crippen molar-refractivity contribution in [1.29, 1.82) is 0 Å². The number of para-hydroxylation sites is 2. The normalized spacial score (nSPS) is 11.6. The Hall–Kier alpha value is -6.26. The van der Waals surface area contributed by atoms with Crippen LogP contribution in [-0.2, 0) is 5.41 Å². The van der Waals surface area contributed by atoms with Gasteiger partial charge in [-0.25, -0.2) is 4.98 Å².